The Hall–Kier alpha value is -0.570. The lowest BCUT2D eigenvalue weighted by Gasteiger charge is -2.27. The van der Waals surface area contributed by atoms with Crippen molar-refractivity contribution in [1.29, 1.82) is 0 Å². The number of rotatable bonds is 2. The van der Waals surface area contributed by atoms with Gasteiger partial charge in [0, 0.05) is 18.0 Å². The van der Waals surface area contributed by atoms with Crippen LogP contribution in [0.5, 0.6) is 0 Å². The van der Waals surface area contributed by atoms with E-state index >= 15 is 0 Å². The molecule has 2 aliphatic heterocycles. The first-order valence-corrected chi connectivity index (χ1v) is 4.94. The van der Waals surface area contributed by atoms with Crippen LogP contribution in [-0.2, 0) is 4.74 Å². The van der Waals surface area contributed by atoms with Gasteiger partial charge in [-0.2, -0.15) is 0 Å². The fourth-order valence-electron chi connectivity index (χ4n) is 2.12. The molecule has 74 valence electrons. The van der Waals surface area contributed by atoms with Gasteiger partial charge in [-0.25, -0.2) is 4.39 Å². The van der Waals surface area contributed by atoms with Gasteiger partial charge in [-0.05, 0) is 26.3 Å². The van der Waals surface area contributed by atoms with E-state index in [9.17, 15) is 4.39 Å². The van der Waals surface area contributed by atoms with E-state index in [4.69, 9.17) is 4.74 Å². The van der Waals surface area contributed by atoms with Gasteiger partial charge in [0.15, 0.2) is 0 Å². The summed E-state index contributed by atoms with van der Waals surface area (Å²) in [6, 6.07) is -0.0135. The van der Waals surface area contributed by atoms with E-state index in [-0.39, 0.29) is 6.04 Å². The van der Waals surface area contributed by atoms with Gasteiger partial charge in [-0.3, -0.25) is 0 Å². The Labute approximate surface area is 78.2 Å². The van der Waals surface area contributed by atoms with Crippen molar-refractivity contribution < 1.29 is 9.13 Å². The standard InChI is InChI=1S/C10H16FNO/c1-10(11,8-4-6-13-7-8)9-3-2-5-12-9/h7,9,12H,2-6H2,1H3. The number of alkyl halides is 1. The molecule has 2 unspecified atom stereocenters. The first kappa shape index (κ1) is 9.00. The summed E-state index contributed by atoms with van der Waals surface area (Å²) in [7, 11) is 0. The lowest BCUT2D eigenvalue weighted by molar-refractivity contribution is 0.178. The Bertz CT molecular complexity index is 219. The maximum Gasteiger partial charge on any atom is 0.147 e. The third-order valence-corrected chi connectivity index (χ3v) is 3.06. The highest BCUT2D eigenvalue weighted by atomic mass is 19.1. The first-order chi connectivity index (χ1) is 6.21. The Morgan fingerprint density at radius 2 is 2.54 bits per heavy atom. The second kappa shape index (κ2) is 3.29. The zero-order valence-electron chi connectivity index (χ0n) is 7.98. The molecule has 0 saturated carbocycles. The molecule has 0 amide bonds. The third-order valence-electron chi connectivity index (χ3n) is 3.06. The van der Waals surface area contributed by atoms with Gasteiger partial charge in [0.25, 0.3) is 0 Å². The molecule has 1 saturated heterocycles. The molecular weight excluding hydrogens is 169 g/mol. The SMILES string of the molecule is CC(F)(C1=COCC1)C1CCCN1. The van der Waals surface area contributed by atoms with E-state index in [1.54, 1.807) is 13.2 Å². The molecule has 13 heavy (non-hydrogen) atoms. The predicted octanol–water partition coefficient (Wildman–Crippen LogP) is 1.77. The summed E-state index contributed by atoms with van der Waals surface area (Å²) in [4.78, 5) is 0. The van der Waals surface area contributed by atoms with Gasteiger partial charge in [0.05, 0.1) is 12.9 Å². The van der Waals surface area contributed by atoms with Crippen LogP contribution in [0.4, 0.5) is 4.39 Å². The van der Waals surface area contributed by atoms with Gasteiger partial charge in [-0.1, -0.05) is 0 Å². The van der Waals surface area contributed by atoms with Crippen molar-refractivity contribution in [2.24, 2.45) is 0 Å². The van der Waals surface area contributed by atoms with Crippen LogP contribution in [0.15, 0.2) is 11.8 Å². The smallest absolute Gasteiger partial charge is 0.147 e. The van der Waals surface area contributed by atoms with Gasteiger partial charge >= 0.3 is 0 Å². The first-order valence-electron chi connectivity index (χ1n) is 4.94. The maximum atomic E-state index is 14.3. The minimum Gasteiger partial charge on any atom is -0.501 e. The number of hydrogen-bond donors (Lipinski definition) is 1. The van der Waals surface area contributed by atoms with Crippen LogP contribution < -0.4 is 5.32 Å². The number of halogens is 1. The molecule has 1 N–H and O–H groups in total. The van der Waals surface area contributed by atoms with Crippen LogP contribution in [0.3, 0.4) is 0 Å². The monoisotopic (exact) mass is 185 g/mol. The summed E-state index contributed by atoms with van der Waals surface area (Å²) in [5.74, 6) is 0. The molecule has 0 spiro atoms. The van der Waals surface area contributed by atoms with E-state index < -0.39 is 5.67 Å². The van der Waals surface area contributed by atoms with Crippen LogP contribution in [-0.4, -0.2) is 24.9 Å². The maximum absolute atomic E-state index is 14.3. The zero-order chi connectivity index (χ0) is 9.31. The number of hydrogen-bond acceptors (Lipinski definition) is 2. The molecule has 0 radical (unpaired) electrons. The summed E-state index contributed by atoms with van der Waals surface area (Å²) >= 11 is 0. The van der Waals surface area contributed by atoms with Gasteiger partial charge in [0.2, 0.25) is 0 Å². The van der Waals surface area contributed by atoms with Gasteiger partial charge < -0.3 is 10.1 Å². The lowest BCUT2D eigenvalue weighted by atomic mass is 9.88. The van der Waals surface area contributed by atoms with Crippen molar-refractivity contribution in [1.82, 2.24) is 5.32 Å². The van der Waals surface area contributed by atoms with Gasteiger partial charge in [0.1, 0.15) is 5.67 Å². The quantitative estimate of drug-likeness (QED) is 0.708. The average Bonchev–Trinajstić information content (AvgIpc) is 2.78. The second-order valence-corrected chi connectivity index (χ2v) is 3.99. The molecular formula is C10H16FNO. The van der Waals surface area contributed by atoms with E-state index in [0.29, 0.717) is 6.61 Å². The second-order valence-electron chi connectivity index (χ2n) is 3.99. The molecule has 2 heterocycles. The van der Waals surface area contributed by atoms with E-state index in [1.165, 1.54) is 0 Å². The van der Waals surface area contributed by atoms with Crippen molar-refractivity contribution in [2.75, 3.05) is 13.2 Å². The van der Waals surface area contributed by atoms with Crippen LogP contribution in [0.25, 0.3) is 0 Å². The van der Waals surface area contributed by atoms with E-state index in [1.807, 2.05) is 0 Å². The van der Waals surface area contributed by atoms with Crippen molar-refractivity contribution in [3.63, 3.8) is 0 Å². The highest BCUT2D eigenvalue weighted by molar-refractivity contribution is 5.20. The Balaban J connectivity index is 2.08. The molecule has 0 aromatic heterocycles. The van der Waals surface area contributed by atoms with Crippen LogP contribution >= 0.6 is 0 Å². The summed E-state index contributed by atoms with van der Waals surface area (Å²) in [6.07, 6.45) is 4.35. The normalized spacial score (nSPS) is 32.5. The average molecular weight is 185 g/mol. The molecule has 0 bridgehead atoms. The largest absolute Gasteiger partial charge is 0.501 e. The van der Waals surface area contributed by atoms with Crippen LogP contribution in [0.1, 0.15) is 26.2 Å². The predicted molar refractivity (Wildman–Crippen MR) is 49.2 cm³/mol. The number of ether oxygens (including phenoxy) is 1. The molecule has 2 nitrogen and oxygen atoms in total. The van der Waals surface area contributed by atoms with Gasteiger partial charge in [-0.15, -0.1) is 0 Å². The van der Waals surface area contributed by atoms with E-state index in [0.717, 1.165) is 31.4 Å². The summed E-state index contributed by atoms with van der Waals surface area (Å²) in [5, 5.41) is 3.20. The molecule has 0 aromatic rings. The minimum atomic E-state index is -1.22. The zero-order valence-corrected chi connectivity index (χ0v) is 7.98. The summed E-state index contributed by atoms with van der Waals surface area (Å²) in [6.45, 7) is 3.25. The Morgan fingerprint density at radius 1 is 1.69 bits per heavy atom. The van der Waals surface area contributed by atoms with Crippen molar-refractivity contribution in [3.05, 3.63) is 11.8 Å². The Kier molecular flexibility index (Phi) is 2.28. The minimum absolute atomic E-state index is 0.0135. The molecule has 1 fully saturated rings. The summed E-state index contributed by atoms with van der Waals surface area (Å²) in [5.41, 5.74) is -0.403. The third kappa shape index (κ3) is 1.57. The molecule has 3 heteroatoms. The van der Waals surface area contributed by atoms with Crippen molar-refractivity contribution in [2.45, 2.75) is 37.9 Å². The molecule has 0 aliphatic carbocycles. The van der Waals surface area contributed by atoms with Crippen molar-refractivity contribution >= 4 is 0 Å². The molecule has 2 atom stereocenters. The van der Waals surface area contributed by atoms with E-state index in [2.05, 4.69) is 5.32 Å². The summed E-state index contributed by atoms with van der Waals surface area (Å²) < 4.78 is 19.4. The van der Waals surface area contributed by atoms with Crippen LogP contribution in [0, 0.1) is 0 Å². The molecule has 0 aromatic carbocycles. The molecule has 2 aliphatic rings. The Morgan fingerprint density at radius 3 is 3.08 bits per heavy atom. The lowest BCUT2D eigenvalue weighted by Crippen LogP contribution is -2.43. The highest BCUT2D eigenvalue weighted by Gasteiger charge is 2.40. The fraction of sp³-hybridized carbons (Fsp3) is 0.800. The topological polar surface area (TPSA) is 21.3 Å². The highest BCUT2D eigenvalue weighted by Crippen LogP contribution is 2.34. The number of nitrogens with one attached hydrogen (secondary N) is 1. The van der Waals surface area contributed by atoms with Crippen molar-refractivity contribution in [3.8, 4) is 0 Å². The fourth-order valence-corrected chi connectivity index (χ4v) is 2.12. The molecule has 2 rings (SSSR count). The van der Waals surface area contributed by atoms with Crippen LogP contribution in [0.2, 0.25) is 0 Å².